The quantitative estimate of drug-likeness (QED) is 0.733. The van der Waals surface area contributed by atoms with Gasteiger partial charge in [-0.1, -0.05) is 38.0 Å². The highest BCUT2D eigenvalue weighted by molar-refractivity contribution is 5.17. The average Bonchev–Trinajstić information content (AvgIpc) is 2.90. The van der Waals surface area contributed by atoms with Crippen molar-refractivity contribution in [3.63, 3.8) is 0 Å². The lowest BCUT2D eigenvalue weighted by molar-refractivity contribution is 0.166. The monoisotopic (exact) mass is 292 g/mol. The number of benzene rings is 1. The lowest BCUT2D eigenvalue weighted by atomic mass is 9.85. The summed E-state index contributed by atoms with van der Waals surface area (Å²) in [5.41, 5.74) is 1.18. The van der Waals surface area contributed by atoms with E-state index in [1.165, 1.54) is 32.1 Å². The molecular weight excluding hydrogens is 263 g/mol. The third-order valence-electron chi connectivity index (χ3n) is 4.59. The highest BCUT2D eigenvalue weighted by atomic mass is 19.1. The maximum Gasteiger partial charge on any atom is 0.127 e. The Balaban J connectivity index is 1.92. The topological polar surface area (TPSA) is 15.3 Å². The molecule has 1 aromatic carbocycles. The predicted molar refractivity (Wildman–Crippen MR) is 86.8 cm³/mol. The van der Waals surface area contributed by atoms with Gasteiger partial charge in [-0.3, -0.25) is 0 Å². The zero-order valence-electron chi connectivity index (χ0n) is 13.5. The SMILES string of the molecule is CCCNCC1(CN(C)Cc2ccccc2F)CCCC1. The zero-order valence-corrected chi connectivity index (χ0v) is 13.5. The van der Waals surface area contributed by atoms with Gasteiger partial charge < -0.3 is 10.2 Å². The smallest absolute Gasteiger partial charge is 0.127 e. The van der Waals surface area contributed by atoms with Crippen LogP contribution in [0.25, 0.3) is 0 Å². The van der Waals surface area contributed by atoms with Crippen LogP contribution in [0, 0.1) is 11.2 Å². The first-order valence-corrected chi connectivity index (χ1v) is 8.28. The van der Waals surface area contributed by atoms with Gasteiger partial charge in [0.05, 0.1) is 0 Å². The summed E-state index contributed by atoms with van der Waals surface area (Å²) < 4.78 is 13.8. The van der Waals surface area contributed by atoms with E-state index in [2.05, 4.69) is 24.2 Å². The number of nitrogens with zero attached hydrogens (tertiary/aromatic N) is 1. The predicted octanol–water partition coefficient (Wildman–Crippen LogP) is 3.82. The van der Waals surface area contributed by atoms with E-state index in [1.54, 1.807) is 12.1 Å². The number of hydrogen-bond acceptors (Lipinski definition) is 2. The first kappa shape index (κ1) is 16.4. The van der Waals surface area contributed by atoms with Crippen molar-refractivity contribution in [2.45, 2.75) is 45.6 Å². The molecule has 0 radical (unpaired) electrons. The maximum absolute atomic E-state index is 13.8. The fourth-order valence-corrected chi connectivity index (χ4v) is 3.59. The van der Waals surface area contributed by atoms with Crippen LogP contribution < -0.4 is 5.32 Å². The minimum atomic E-state index is -0.0890. The van der Waals surface area contributed by atoms with Crippen LogP contribution in [0.2, 0.25) is 0 Å². The molecule has 1 aromatic rings. The molecular formula is C18H29FN2. The van der Waals surface area contributed by atoms with E-state index in [9.17, 15) is 4.39 Å². The molecule has 1 saturated carbocycles. The summed E-state index contributed by atoms with van der Waals surface area (Å²) in [6, 6.07) is 7.12. The van der Waals surface area contributed by atoms with Gasteiger partial charge >= 0.3 is 0 Å². The minimum absolute atomic E-state index is 0.0890. The summed E-state index contributed by atoms with van der Waals surface area (Å²) in [7, 11) is 2.12. The number of nitrogens with one attached hydrogen (secondary N) is 1. The van der Waals surface area contributed by atoms with E-state index in [-0.39, 0.29) is 5.82 Å². The third-order valence-corrected chi connectivity index (χ3v) is 4.59. The molecule has 1 N–H and O–H groups in total. The van der Waals surface area contributed by atoms with Gasteiger partial charge in [0.2, 0.25) is 0 Å². The summed E-state index contributed by atoms with van der Waals surface area (Å²) in [6.45, 7) is 6.15. The molecule has 0 aromatic heterocycles. The van der Waals surface area contributed by atoms with E-state index in [1.807, 2.05) is 12.1 Å². The van der Waals surface area contributed by atoms with Gasteiger partial charge in [-0.05, 0) is 44.3 Å². The molecule has 2 nitrogen and oxygen atoms in total. The van der Waals surface area contributed by atoms with Crippen LogP contribution in [0.1, 0.15) is 44.6 Å². The van der Waals surface area contributed by atoms with E-state index >= 15 is 0 Å². The van der Waals surface area contributed by atoms with Gasteiger partial charge in [0, 0.05) is 25.2 Å². The fourth-order valence-electron chi connectivity index (χ4n) is 3.59. The van der Waals surface area contributed by atoms with Crippen molar-refractivity contribution in [1.82, 2.24) is 10.2 Å². The summed E-state index contributed by atoms with van der Waals surface area (Å²) in [4.78, 5) is 2.29. The van der Waals surface area contributed by atoms with E-state index in [0.29, 0.717) is 12.0 Å². The lowest BCUT2D eigenvalue weighted by Crippen LogP contribution is -2.41. The summed E-state index contributed by atoms with van der Waals surface area (Å²) >= 11 is 0. The molecule has 3 heteroatoms. The van der Waals surface area contributed by atoms with Crippen LogP contribution >= 0.6 is 0 Å². The number of hydrogen-bond donors (Lipinski definition) is 1. The summed E-state index contributed by atoms with van der Waals surface area (Å²) in [5, 5.41) is 3.60. The van der Waals surface area contributed by atoms with Gasteiger partial charge in [-0.15, -0.1) is 0 Å². The van der Waals surface area contributed by atoms with Crippen molar-refractivity contribution in [3.8, 4) is 0 Å². The second-order valence-electron chi connectivity index (χ2n) is 6.65. The van der Waals surface area contributed by atoms with Gasteiger partial charge in [-0.25, -0.2) is 4.39 Å². The Labute approximate surface area is 128 Å². The highest BCUT2D eigenvalue weighted by Gasteiger charge is 2.34. The maximum atomic E-state index is 13.8. The van der Waals surface area contributed by atoms with Crippen molar-refractivity contribution in [2.24, 2.45) is 5.41 Å². The Morgan fingerprint density at radius 2 is 1.95 bits per heavy atom. The third kappa shape index (κ3) is 4.79. The van der Waals surface area contributed by atoms with Crippen molar-refractivity contribution >= 4 is 0 Å². The van der Waals surface area contributed by atoms with E-state index in [0.717, 1.165) is 25.2 Å². The first-order chi connectivity index (χ1) is 10.2. The Hall–Kier alpha value is -0.930. The first-order valence-electron chi connectivity index (χ1n) is 8.28. The summed E-state index contributed by atoms with van der Waals surface area (Å²) in [6.07, 6.45) is 6.44. The molecule has 0 amide bonds. The highest BCUT2D eigenvalue weighted by Crippen LogP contribution is 2.38. The summed E-state index contributed by atoms with van der Waals surface area (Å²) in [5.74, 6) is -0.0890. The Morgan fingerprint density at radius 3 is 2.62 bits per heavy atom. The van der Waals surface area contributed by atoms with E-state index < -0.39 is 0 Å². The molecule has 0 atom stereocenters. The molecule has 0 bridgehead atoms. The number of halogens is 1. The van der Waals surface area contributed by atoms with Crippen LogP contribution in [0.4, 0.5) is 4.39 Å². The molecule has 1 aliphatic carbocycles. The van der Waals surface area contributed by atoms with Gasteiger partial charge in [0.25, 0.3) is 0 Å². The molecule has 0 unspecified atom stereocenters. The van der Waals surface area contributed by atoms with E-state index in [4.69, 9.17) is 0 Å². The van der Waals surface area contributed by atoms with Crippen molar-refractivity contribution in [3.05, 3.63) is 35.6 Å². The van der Waals surface area contributed by atoms with Crippen LogP contribution in [0.15, 0.2) is 24.3 Å². The normalized spacial score (nSPS) is 17.5. The van der Waals surface area contributed by atoms with Crippen LogP contribution in [-0.2, 0) is 6.54 Å². The van der Waals surface area contributed by atoms with Gasteiger partial charge in [-0.2, -0.15) is 0 Å². The molecule has 1 fully saturated rings. The van der Waals surface area contributed by atoms with Crippen molar-refractivity contribution in [1.29, 1.82) is 0 Å². The molecule has 0 heterocycles. The second-order valence-corrected chi connectivity index (χ2v) is 6.65. The zero-order chi connectivity index (χ0) is 15.1. The van der Waals surface area contributed by atoms with Crippen LogP contribution in [-0.4, -0.2) is 31.6 Å². The Kier molecular flexibility index (Phi) is 6.19. The van der Waals surface area contributed by atoms with Crippen LogP contribution in [0.3, 0.4) is 0 Å². The largest absolute Gasteiger partial charge is 0.316 e. The fraction of sp³-hybridized carbons (Fsp3) is 0.667. The van der Waals surface area contributed by atoms with Gasteiger partial charge in [0.1, 0.15) is 5.82 Å². The minimum Gasteiger partial charge on any atom is -0.316 e. The van der Waals surface area contributed by atoms with Crippen LogP contribution in [0.5, 0.6) is 0 Å². The average molecular weight is 292 g/mol. The second kappa shape index (κ2) is 7.90. The lowest BCUT2D eigenvalue weighted by Gasteiger charge is -2.34. The molecule has 2 rings (SSSR count). The van der Waals surface area contributed by atoms with Crippen molar-refractivity contribution in [2.75, 3.05) is 26.7 Å². The molecule has 0 aliphatic heterocycles. The molecule has 21 heavy (non-hydrogen) atoms. The van der Waals surface area contributed by atoms with Gasteiger partial charge in [0.15, 0.2) is 0 Å². The molecule has 1 aliphatic rings. The standard InChI is InChI=1S/C18H29FN2/c1-3-12-20-14-18(10-6-7-11-18)15-21(2)13-16-8-4-5-9-17(16)19/h4-5,8-9,20H,3,6-7,10-15H2,1-2H3. The molecule has 0 spiro atoms. The molecule has 0 saturated heterocycles. The Bertz CT molecular complexity index is 427. The molecule has 118 valence electrons. The Morgan fingerprint density at radius 1 is 1.24 bits per heavy atom. The number of rotatable bonds is 8. The van der Waals surface area contributed by atoms with Crippen molar-refractivity contribution < 1.29 is 4.39 Å².